The van der Waals surface area contributed by atoms with Crippen LogP contribution in [0.25, 0.3) is 0 Å². The molecule has 0 aliphatic rings. The van der Waals surface area contributed by atoms with E-state index in [-0.39, 0.29) is 6.61 Å². The van der Waals surface area contributed by atoms with E-state index < -0.39 is 17.7 Å². The number of ether oxygens (including phenoxy) is 1. The third kappa shape index (κ3) is 4.78. The second kappa shape index (κ2) is 5.58. The van der Waals surface area contributed by atoms with Crippen LogP contribution in [0.5, 0.6) is 0 Å². The van der Waals surface area contributed by atoms with Gasteiger partial charge < -0.3 is 15.2 Å². The molecule has 0 aromatic carbocycles. The molecule has 94 valence electrons. The normalized spacial score (nSPS) is 12.9. The minimum Gasteiger partial charge on any atom is -0.444 e. The highest BCUT2D eigenvalue weighted by molar-refractivity contribution is 5.68. The van der Waals surface area contributed by atoms with Gasteiger partial charge in [-0.15, -0.1) is 0 Å². The zero-order valence-electron chi connectivity index (χ0n) is 10.2. The molecule has 0 spiro atoms. The molecule has 0 aliphatic heterocycles. The predicted octanol–water partition coefficient (Wildman–Crippen LogP) is 1.03. The van der Waals surface area contributed by atoms with Gasteiger partial charge in [0, 0.05) is 12.4 Å². The molecule has 1 aromatic heterocycles. The number of aromatic nitrogens is 2. The van der Waals surface area contributed by atoms with Gasteiger partial charge in [0.05, 0.1) is 24.5 Å². The van der Waals surface area contributed by atoms with Crippen LogP contribution in [0, 0.1) is 0 Å². The molecule has 6 nitrogen and oxygen atoms in total. The van der Waals surface area contributed by atoms with Gasteiger partial charge in [-0.2, -0.15) is 0 Å². The first-order valence-electron chi connectivity index (χ1n) is 5.28. The van der Waals surface area contributed by atoms with Gasteiger partial charge in [0.2, 0.25) is 0 Å². The van der Waals surface area contributed by atoms with Crippen molar-refractivity contribution in [2.45, 2.75) is 32.4 Å². The van der Waals surface area contributed by atoms with Crippen molar-refractivity contribution in [1.29, 1.82) is 0 Å². The molecule has 1 heterocycles. The van der Waals surface area contributed by atoms with Crippen molar-refractivity contribution in [3.05, 3.63) is 24.3 Å². The van der Waals surface area contributed by atoms with Gasteiger partial charge in [-0.1, -0.05) is 0 Å². The van der Waals surface area contributed by atoms with Crippen molar-refractivity contribution in [2.75, 3.05) is 6.61 Å². The van der Waals surface area contributed by atoms with Gasteiger partial charge in [-0.25, -0.2) is 4.79 Å². The van der Waals surface area contributed by atoms with Crippen molar-refractivity contribution in [2.24, 2.45) is 0 Å². The Morgan fingerprint density at radius 3 is 2.71 bits per heavy atom. The lowest BCUT2D eigenvalue weighted by Gasteiger charge is -2.22. The van der Waals surface area contributed by atoms with Crippen molar-refractivity contribution in [3.63, 3.8) is 0 Å². The van der Waals surface area contributed by atoms with E-state index in [0.29, 0.717) is 5.69 Å². The molecule has 1 aromatic rings. The minimum atomic E-state index is -0.612. The summed E-state index contributed by atoms with van der Waals surface area (Å²) in [5.41, 5.74) is -0.0900. The molecule has 1 atom stereocenters. The number of nitrogens with one attached hydrogen (secondary N) is 1. The van der Waals surface area contributed by atoms with Gasteiger partial charge in [0.15, 0.2) is 0 Å². The highest BCUT2D eigenvalue weighted by Crippen LogP contribution is 2.11. The van der Waals surface area contributed by atoms with E-state index >= 15 is 0 Å². The number of nitrogens with zero attached hydrogens (tertiary/aromatic N) is 2. The van der Waals surface area contributed by atoms with E-state index in [1.807, 2.05) is 0 Å². The number of amides is 1. The number of hydrogen-bond donors (Lipinski definition) is 2. The van der Waals surface area contributed by atoms with E-state index in [1.54, 1.807) is 20.8 Å². The molecule has 1 unspecified atom stereocenters. The molecule has 1 rings (SSSR count). The fourth-order valence-corrected chi connectivity index (χ4v) is 1.15. The zero-order valence-corrected chi connectivity index (χ0v) is 10.2. The smallest absolute Gasteiger partial charge is 0.408 e. The predicted molar refractivity (Wildman–Crippen MR) is 61.2 cm³/mol. The monoisotopic (exact) mass is 239 g/mol. The molecule has 6 heteroatoms. The summed E-state index contributed by atoms with van der Waals surface area (Å²) in [6, 6.07) is -0.612. The summed E-state index contributed by atoms with van der Waals surface area (Å²) in [4.78, 5) is 19.4. The van der Waals surface area contributed by atoms with Gasteiger partial charge >= 0.3 is 6.09 Å². The third-order valence-electron chi connectivity index (χ3n) is 1.81. The minimum absolute atomic E-state index is 0.266. The molecule has 0 saturated carbocycles. The second-order valence-electron chi connectivity index (χ2n) is 4.51. The first-order valence-corrected chi connectivity index (χ1v) is 5.28. The Morgan fingerprint density at radius 2 is 2.24 bits per heavy atom. The van der Waals surface area contributed by atoms with E-state index in [1.165, 1.54) is 18.6 Å². The first-order chi connectivity index (χ1) is 7.92. The molecule has 0 saturated heterocycles. The quantitative estimate of drug-likeness (QED) is 0.823. The molecule has 17 heavy (non-hydrogen) atoms. The van der Waals surface area contributed by atoms with Crippen molar-refractivity contribution in [3.8, 4) is 0 Å². The summed E-state index contributed by atoms with van der Waals surface area (Å²) in [5, 5.41) is 11.7. The number of aliphatic hydroxyl groups is 1. The first kappa shape index (κ1) is 13.4. The number of aliphatic hydroxyl groups excluding tert-OH is 1. The molecular formula is C11H17N3O3. The van der Waals surface area contributed by atoms with E-state index in [0.717, 1.165) is 0 Å². The number of alkyl carbamates (subject to hydrolysis) is 1. The van der Waals surface area contributed by atoms with E-state index in [2.05, 4.69) is 15.3 Å². The SMILES string of the molecule is CC(C)(C)OC(=O)NC(CO)c1cnccn1. The van der Waals surface area contributed by atoms with Crippen molar-refractivity contribution >= 4 is 6.09 Å². The van der Waals surface area contributed by atoms with Crippen LogP contribution in [0.2, 0.25) is 0 Å². The Hall–Kier alpha value is -1.69. The zero-order chi connectivity index (χ0) is 12.9. The highest BCUT2D eigenvalue weighted by Gasteiger charge is 2.20. The topological polar surface area (TPSA) is 84.3 Å². The number of carbonyl (C=O) groups excluding carboxylic acids is 1. The lowest BCUT2D eigenvalue weighted by atomic mass is 10.2. The Bertz CT molecular complexity index is 362. The summed E-state index contributed by atoms with van der Waals surface area (Å²) in [6.07, 6.45) is 3.90. The molecule has 0 aliphatic carbocycles. The number of carbonyl (C=O) groups is 1. The van der Waals surface area contributed by atoms with Gasteiger partial charge in [-0.3, -0.25) is 9.97 Å². The third-order valence-corrected chi connectivity index (χ3v) is 1.81. The average Bonchev–Trinajstić information content (AvgIpc) is 2.24. The fraction of sp³-hybridized carbons (Fsp3) is 0.545. The van der Waals surface area contributed by atoms with Crippen LogP contribution >= 0.6 is 0 Å². The van der Waals surface area contributed by atoms with Gasteiger partial charge in [-0.05, 0) is 20.8 Å². The molecule has 2 N–H and O–H groups in total. The van der Waals surface area contributed by atoms with Crippen molar-refractivity contribution < 1.29 is 14.6 Å². The number of hydrogen-bond acceptors (Lipinski definition) is 5. The van der Waals surface area contributed by atoms with Crippen LogP contribution < -0.4 is 5.32 Å². The van der Waals surface area contributed by atoms with Crippen LogP contribution in [-0.2, 0) is 4.74 Å². The van der Waals surface area contributed by atoms with Gasteiger partial charge in [0.1, 0.15) is 5.60 Å². The summed E-state index contributed by atoms with van der Waals surface area (Å²) < 4.78 is 5.08. The van der Waals surface area contributed by atoms with Gasteiger partial charge in [0.25, 0.3) is 0 Å². The lowest BCUT2D eigenvalue weighted by molar-refractivity contribution is 0.0480. The van der Waals surface area contributed by atoms with Crippen LogP contribution in [0.3, 0.4) is 0 Å². The Kier molecular flexibility index (Phi) is 4.39. The Morgan fingerprint density at radius 1 is 1.53 bits per heavy atom. The molecule has 0 bridgehead atoms. The van der Waals surface area contributed by atoms with Crippen LogP contribution in [0.4, 0.5) is 4.79 Å². The maximum absolute atomic E-state index is 11.5. The molecule has 0 radical (unpaired) electrons. The Labute approximate surface area is 100 Å². The Balaban J connectivity index is 2.62. The second-order valence-corrected chi connectivity index (χ2v) is 4.51. The maximum Gasteiger partial charge on any atom is 0.408 e. The van der Waals surface area contributed by atoms with Crippen LogP contribution in [-0.4, -0.2) is 33.4 Å². The van der Waals surface area contributed by atoms with Crippen molar-refractivity contribution in [1.82, 2.24) is 15.3 Å². The summed E-state index contributed by atoms with van der Waals surface area (Å²) in [5.74, 6) is 0. The summed E-state index contributed by atoms with van der Waals surface area (Å²) in [6.45, 7) is 5.03. The lowest BCUT2D eigenvalue weighted by Crippen LogP contribution is -2.36. The summed E-state index contributed by atoms with van der Waals surface area (Å²) in [7, 11) is 0. The standard InChI is InChI=1S/C11H17N3O3/c1-11(2,3)17-10(16)14-9(7-15)8-6-12-4-5-13-8/h4-6,9,15H,7H2,1-3H3,(H,14,16). The average molecular weight is 239 g/mol. The molecular weight excluding hydrogens is 222 g/mol. The number of rotatable bonds is 3. The highest BCUT2D eigenvalue weighted by atomic mass is 16.6. The van der Waals surface area contributed by atoms with Crippen LogP contribution in [0.1, 0.15) is 32.5 Å². The molecule has 1 amide bonds. The fourth-order valence-electron chi connectivity index (χ4n) is 1.15. The van der Waals surface area contributed by atoms with E-state index in [9.17, 15) is 9.90 Å². The summed E-state index contributed by atoms with van der Waals surface area (Å²) >= 11 is 0. The van der Waals surface area contributed by atoms with Crippen LogP contribution in [0.15, 0.2) is 18.6 Å². The molecule has 0 fully saturated rings. The largest absolute Gasteiger partial charge is 0.444 e. The van der Waals surface area contributed by atoms with E-state index in [4.69, 9.17) is 4.74 Å². The maximum atomic E-state index is 11.5.